The minimum Gasteiger partial charge on any atom is -0.436 e. The van der Waals surface area contributed by atoms with Gasteiger partial charge in [0.15, 0.2) is 5.58 Å². The smallest absolute Gasteiger partial charge is 0.267 e. The Kier molecular flexibility index (Phi) is 5.32. The molecule has 2 heterocycles. The number of oxazole rings is 1. The van der Waals surface area contributed by atoms with E-state index in [1.54, 1.807) is 54.6 Å². The van der Waals surface area contributed by atoms with Crippen LogP contribution in [0.25, 0.3) is 32.6 Å². The maximum Gasteiger partial charge on any atom is 0.267 e. The summed E-state index contributed by atoms with van der Waals surface area (Å²) in [6, 6.07) is 15.6. The predicted octanol–water partition coefficient (Wildman–Crippen LogP) is 8.58. The highest BCUT2D eigenvalue weighted by atomic mass is 35.5. The van der Waals surface area contributed by atoms with Crippen LogP contribution in [0.15, 0.2) is 59.0 Å². The Bertz CT molecular complexity index is 1490. The molecule has 0 aliphatic heterocycles. The zero-order valence-corrected chi connectivity index (χ0v) is 19.2. The predicted molar refractivity (Wildman–Crippen MR) is 129 cm³/mol. The average molecular weight is 508 g/mol. The molecule has 0 atom stereocenters. The number of carbonyl (C=O) groups excluding carboxylic acids is 1. The van der Waals surface area contributed by atoms with Crippen LogP contribution in [0.5, 0.6) is 0 Å². The van der Waals surface area contributed by atoms with Gasteiger partial charge in [-0.1, -0.05) is 52.5 Å². The van der Waals surface area contributed by atoms with E-state index in [2.05, 4.69) is 10.3 Å². The number of fused-ring (bicyclic) bond motifs is 2. The molecule has 0 spiro atoms. The maximum absolute atomic E-state index is 12.9. The van der Waals surface area contributed by atoms with E-state index in [1.165, 1.54) is 11.3 Å². The molecule has 2 aromatic heterocycles. The number of rotatable bonds is 3. The molecule has 0 saturated carbocycles. The van der Waals surface area contributed by atoms with E-state index in [9.17, 15) is 4.79 Å². The Morgan fingerprint density at radius 3 is 2.55 bits per heavy atom. The fraction of sp³-hybridized carbons (Fsp3) is 0. The molecule has 5 aromatic rings. The monoisotopic (exact) mass is 506 g/mol. The van der Waals surface area contributed by atoms with E-state index < -0.39 is 0 Å². The number of halogens is 4. The van der Waals surface area contributed by atoms with Crippen molar-refractivity contribution in [3.8, 4) is 11.5 Å². The van der Waals surface area contributed by atoms with Crippen molar-refractivity contribution in [2.24, 2.45) is 0 Å². The number of nitrogens with zero attached hydrogens (tertiary/aromatic N) is 1. The van der Waals surface area contributed by atoms with Crippen molar-refractivity contribution in [1.82, 2.24) is 4.98 Å². The highest BCUT2D eigenvalue weighted by molar-refractivity contribution is 7.21. The Morgan fingerprint density at radius 2 is 1.71 bits per heavy atom. The number of nitrogens with one attached hydrogen (secondary N) is 1. The summed E-state index contributed by atoms with van der Waals surface area (Å²) in [7, 11) is 0. The lowest BCUT2D eigenvalue weighted by molar-refractivity contribution is 0.103. The molecule has 31 heavy (non-hydrogen) atoms. The summed E-state index contributed by atoms with van der Waals surface area (Å²) in [5.74, 6) is -0.00663. The Balaban J connectivity index is 1.49. The normalized spacial score (nSPS) is 11.4. The van der Waals surface area contributed by atoms with Crippen LogP contribution in [-0.4, -0.2) is 10.9 Å². The van der Waals surface area contributed by atoms with Crippen molar-refractivity contribution in [3.05, 3.63) is 79.6 Å². The van der Waals surface area contributed by atoms with E-state index in [0.717, 1.165) is 10.1 Å². The molecule has 0 aliphatic carbocycles. The van der Waals surface area contributed by atoms with Gasteiger partial charge in [0.2, 0.25) is 5.89 Å². The third-order valence-electron chi connectivity index (χ3n) is 4.60. The van der Waals surface area contributed by atoms with Crippen LogP contribution in [0.4, 0.5) is 5.69 Å². The number of anilines is 1. The number of hydrogen-bond acceptors (Lipinski definition) is 4. The average Bonchev–Trinajstić information content (AvgIpc) is 3.29. The van der Waals surface area contributed by atoms with Crippen LogP contribution in [0.3, 0.4) is 0 Å². The Labute approximate surface area is 200 Å². The molecule has 0 aliphatic rings. The van der Waals surface area contributed by atoms with Gasteiger partial charge in [0.05, 0.1) is 15.6 Å². The van der Waals surface area contributed by atoms with Gasteiger partial charge in [0, 0.05) is 25.8 Å². The molecule has 3 aromatic carbocycles. The summed E-state index contributed by atoms with van der Waals surface area (Å²) in [5.41, 5.74) is 2.27. The van der Waals surface area contributed by atoms with E-state index in [4.69, 9.17) is 50.8 Å². The number of aromatic nitrogens is 1. The molecule has 1 N–H and O–H groups in total. The highest BCUT2D eigenvalue weighted by Crippen LogP contribution is 2.38. The molecular weight excluding hydrogens is 498 g/mol. The molecule has 0 saturated heterocycles. The zero-order valence-electron chi connectivity index (χ0n) is 15.4. The molecule has 0 radical (unpaired) electrons. The van der Waals surface area contributed by atoms with Crippen molar-refractivity contribution in [1.29, 1.82) is 0 Å². The molecule has 4 nitrogen and oxygen atoms in total. The summed E-state index contributed by atoms with van der Waals surface area (Å²) < 4.78 is 6.64. The van der Waals surface area contributed by atoms with Crippen molar-refractivity contribution in [3.63, 3.8) is 0 Å². The first-order valence-electron chi connectivity index (χ1n) is 8.94. The Morgan fingerprint density at radius 1 is 0.935 bits per heavy atom. The first kappa shape index (κ1) is 20.6. The summed E-state index contributed by atoms with van der Waals surface area (Å²) in [6.07, 6.45) is 0. The summed E-state index contributed by atoms with van der Waals surface area (Å²) >= 11 is 26.1. The second kappa shape index (κ2) is 8.01. The van der Waals surface area contributed by atoms with Gasteiger partial charge in [-0.15, -0.1) is 11.3 Å². The molecule has 0 unspecified atom stereocenters. The van der Waals surface area contributed by atoms with Crippen molar-refractivity contribution in [2.45, 2.75) is 0 Å². The summed E-state index contributed by atoms with van der Waals surface area (Å²) in [5, 5.41) is 5.60. The SMILES string of the molecule is O=C(Nc1ccc(Cl)c(-c2nc3cc(Cl)ccc3o2)c1)c1sc2cc(Cl)ccc2c1Cl. The molecule has 9 heteroatoms. The van der Waals surface area contributed by atoms with E-state index in [1.807, 2.05) is 0 Å². The van der Waals surface area contributed by atoms with Crippen molar-refractivity contribution < 1.29 is 9.21 Å². The van der Waals surface area contributed by atoms with Gasteiger partial charge >= 0.3 is 0 Å². The fourth-order valence-electron chi connectivity index (χ4n) is 3.16. The first-order chi connectivity index (χ1) is 14.9. The van der Waals surface area contributed by atoms with Gasteiger partial charge in [-0.3, -0.25) is 4.79 Å². The number of carbonyl (C=O) groups is 1. The zero-order chi connectivity index (χ0) is 21.7. The largest absolute Gasteiger partial charge is 0.436 e. The number of hydrogen-bond donors (Lipinski definition) is 1. The minimum absolute atomic E-state index is 0.327. The van der Waals surface area contributed by atoms with Crippen LogP contribution < -0.4 is 5.32 Å². The first-order valence-corrected chi connectivity index (χ1v) is 11.3. The number of benzene rings is 3. The topological polar surface area (TPSA) is 55.1 Å². The quantitative estimate of drug-likeness (QED) is 0.266. The van der Waals surface area contributed by atoms with Gasteiger partial charge in [0.1, 0.15) is 10.4 Å². The van der Waals surface area contributed by atoms with Crippen LogP contribution >= 0.6 is 57.7 Å². The molecule has 0 fully saturated rings. The van der Waals surface area contributed by atoms with E-state index in [-0.39, 0.29) is 5.91 Å². The molecule has 1 amide bonds. The third kappa shape index (κ3) is 3.88. The van der Waals surface area contributed by atoms with Crippen LogP contribution in [0.2, 0.25) is 20.1 Å². The van der Waals surface area contributed by atoms with Gasteiger partial charge in [-0.05, 0) is 48.5 Å². The van der Waals surface area contributed by atoms with Crippen LogP contribution in [-0.2, 0) is 0 Å². The molecule has 5 rings (SSSR count). The molecular formula is C22H10Cl4N2O2S. The van der Waals surface area contributed by atoms with Crippen molar-refractivity contribution >= 4 is 90.5 Å². The summed E-state index contributed by atoms with van der Waals surface area (Å²) in [4.78, 5) is 17.7. The molecule has 0 bridgehead atoms. The van der Waals surface area contributed by atoms with Gasteiger partial charge in [-0.2, -0.15) is 0 Å². The van der Waals surface area contributed by atoms with Gasteiger partial charge in [0.25, 0.3) is 5.91 Å². The second-order valence-electron chi connectivity index (χ2n) is 6.67. The lowest BCUT2D eigenvalue weighted by Gasteiger charge is -2.07. The molecule has 154 valence electrons. The van der Waals surface area contributed by atoms with Gasteiger partial charge < -0.3 is 9.73 Å². The lowest BCUT2D eigenvalue weighted by atomic mass is 10.2. The standard InChI is InChI=1S/C22H10Cl4N2O2S/c23-10-2-6-17-16(7-10)28-22(30-17)14-9-12(3-5-15(14)25)27-21(29)20-19(26)13-4-1-11(24)8-18(13)31-20/h1-9H,(H,27,29). The van der Waals surface area contributed by atoms with E-state index in [0.29, 0.717) is 53.2 Å². The minimum atomic E-state index is -0.333. The third-order valence-corrected chi connectivity index (χ3v) is 7.06. The lowest BCUT2D eigenvalue weighted by Crippen LogP contribution is -2.10. The highest BCUT2D eigenvalue weighted by Gasteiger charge is 2.19. The van der Waals surface area contributed by atoms with Crippen molar-refractivity contribution in [2.75, 3.05) is 5.32 Å². The van der Waals surface area contributed by atoms with Gasteiger partial charge in [-0.25, -0.2) is 4.98 Å². The summed E-state index contributed by atoms with van der Waals surface area (Å²) in [6.45, 7) is 0. The van der Waals surface area contributed by atoms with E-state index >= 15 is 0 Å². The number of amides is 1. The second-order valence-corrected chi connectivity index (χ2v) is 9.38. The number of thiophene rings is 1. The van der Waals surface area contributed by atoms with Crippen LogP contribution in [0, 0.1) is 0 Å². The Hall–Kier alpha value is -2.28. The van der Waals surface area contributed by atoms with Crippen LogP contribution in [0.1, 0.15) is 9.67 Å². The fourth-order valence-corrected chi connectivity index (χ4v) is 5.21. The maximum atomic E-state index is 12.9.